The largest absolute Gasteiger partial charge is 0.448 e. The van der Waals surface area contributed by atoms with E-state index in [-0.39, 0.29) is 17.3 Å². The molecule has 5 nitrogen and oxygen atoms in total. The molecule has 0 saturated carbocycles. The molecule has 20 heavy (non-hydrogen) atoms. The Morgan fingerprint density at radius 3 is 2.45 bits per heavy atom. The lowest BCUT2D eigenvalue weighted by Crippen LogP contribution is -2.52. The zero-order chi connectivity index (χ0) is 14.8. The standard InChI is InChI=1S/C15H28N2O3/c1-14(2)10-12(11-15(3,4)20-14)16-6-5-7-17-8-9-19-13(17)18/h12,16H,5-11H2,1-4H3. The lowest BCUT2D eigenvalue weighted by atomic mass is 9.85. The monoisotopic (exact) mass is 284 g/mol. The molecular weight excluding hydrogens is 256 g/mol. The number of amides is 1. The Morgan fingerprint density at radius 1 is 1.25 bits per heavy atom. The van der Waals surface area contributed by atoms with Crippen molar-refractivity contribution in [3.05, 3.63) is 0 Å². The smallest absolute Gasteiger partial charge is 0.409 e. The average molecular weight is 284 g/mol. The Balaban J connectivity index is 1.69. The lowest BCUT2D eigenvalue weighted by Gasteiger charge is -2.45. The van der Waals surface area contributed by atoms with Crippen LogP contribution >= 0.6 is 0 Å². The van der Waals surface area contributed by atoms with E-state index in [2.05, 4.69) is 33.0 Å². The number of cyclic esters (lactones) is 1. The fourth-order valence-corrected chi connectivity index (χ4v) is 3.44. The Hall–Kier alpha value is -0.810. The van der Waals surface area contributed by atoms with Crippen molar-refractivity contribution < 1.29 is 14.3 Å². The maximum atomic E-state index is 11.3. The van der Waals surface area contributed by atoms with Gasteiger partial charge in [0.15, 0.2) is 0 Å². The molecule has 2 aliphatic rings. The molecule has 0 bridgehead atoms. The van der Waals surface area contributed by atoms with Crippen LogP contribution < -0.4 is 5.32 Å². The number of nitrogens with one attached hydrogen (secondary N) is 1. The van der Waals surface area contributed by atoms with Crippen LogP contribution in [0.25, 0.3) is 0 Å². The second-order valence-corrected chi connectivity index (χ2v) is 7.14. The molecule has 1 amide bonds. The highest BCUT2D eigenvalue weighted by molar-refractivity contribution is 5.69. The zero-order valence-electron chi connectivity index (χ0n) is 13.2. The summed E-state index contributed by atoms with van der Waals surface area (Å²) in [7, 11) is 0. The van der Waals surface area contributed by atoms with Gasteiger partial charge in [0.1, 0.15) is 6.61 Å². The van der Waals surface area contributed by atoms with E-state index in [4.69, 9.17) is 9.47 Å². The third-order valence-electron chi connectivity index (χ3n) is 3.91. The van der Waals surface area contributed by atoms with Gasteiger partial charge in [-0.25, -0.2) is 4.79 Å². The SMILES string of the molecule is CC1(C)CC(NCCCN2CCOC2=O)CC(C)(C)O1. The zero-order valence-corrected chi connectivity index (χ0v) is 13.2. The van der Waals surface area contributed by atoms with Crippen molar-refractivity contribution >= 4 is 6.09 Å². The second kappa shape index (κ2) is 5.90. The highest BCUT2D eigenvalue weighted by atomic mass is 16.6. The first-order valence-electron chi connectivity index (χ1n) is 7.63. The fraction of sp³-hybridized carbons (Fsp3) is 0.933. The number of hydrogen-bond acceptors (Lipinski definition) is 4. The van der Waals surface area contributed by atoms with Crippen molar-refractivity contribution in [2.24, 2.45) is 0 Å². The maximum absolute atomic E-state index is 11.3. The van der Waals surface area contributed by atoms with E-state index < -0.39 is 0 Å². The lowest BCUT2D eigenvalue weighted by molar-refractivity contribution is -0.164. The van der Waals surface area contributed by atoms with Gasteiger partial charge in [-0.05, 0) is 53.5 Å². The van der Waals surface area contributed by atoms with Gasteiger partial charge in [0, 0.05) is 12.6 Å². The van der Waals surface area contributed by atoms with Gasteiger partial charge in [0.05, 0.1) is 17.7 Å². The van der Waals surface area contributed by atoms with E-state index in [1.165, 1.54) is 0 Å². The van der Waals surface area contributed by atoms with Gasteiger partial charge >= 0.3 is 6.09 Å². The summed E-state index contributed by atoms with van der Waals surface area (Å²) in [6.07, 6.45) is 2.86. The van der Waals surface area contributed by atoms with Gasteiger partial charge in [-0.2, -0.15) is 0 Å². The summed E-state index contributed by atoms with van der Waals surface area (Å²) in [6, 6.07) is 0.485. The molecule has 5 heteroatoms. The van der Waals surface area contributed by atoms with Crippen molar-refractivity contribution in [3.63, 3.8) is 0 Å². The summed E-state index contributed by atoms with van der Waals surface area (Å²) >= 11 is 0. The third kappa shape index (κ3) is 4.35. The molecular formula is C15H28N2O3. The molecule has 0 aliphatic carbocycles. The molecule has 0 aromatic carbocycles. The Kier molecular flexibility index (Phi) is 4.59. The highest BCUT2D eigenvalue weighted by Gasteiger charge is 2.38. The Labute approximate surface area is 122 Å². The van der Waals surface area contributed by atoms with Crippen LogP contribution in [-0.2, 0) is 9.47 Å². The third-order valence-corrected chi connectivity index (χ3v) is 3.91. The van der Waals surface area contributed by atoms with E-state index in [1.54, 1.807) is 4.90 Å². The van der Waals surface area contributed by atoms with E-state index in [0.29, 0.717) is 12.6 Å². The molecule has 0 aromatic heterocycles. The quantitative estimate of drug-likeness (QED) is 0.786. The molecule has 116 valence electrons. The van der Waals surface area contributed by atoms with Crippen LogP contribution in [-0.4, -0.2) is 54.5 Å². The summed E-state index contributed by atoms with van der Waals surface area (Å²) in [4.78, 5) is 13.1. The van der Waals surface area contributed by atoms with Crippen LogP contribution in [0.2, 0.25) is 0 Å². The van der Waals surface area contributed by atoms with Crippen LogP contribution in [0.5, 0.6) is 0 Å². The molecule has 2 saturated heterocycles. The first-order chi connectivity index (χ1) is 9.27. The minimum absolute atomic E-state index is 0.0713. The van der Waals surface area contributed by atoms with Crippen LogP contribution in [0.4, 0.5) is 4.79 Å². The molecule has 1 N–H and O–H groups in total. The molecule has 0 radical (unpaired) electrons. The fourth-order valence-electron chi connectivity index (χ4n) is 3.44. The number of carbonyl (C=O) groups is 1. The molecule has 2 aliphatic heterocycles. The van der Waals surface area contributed by atoms with Gasteiger partial charge in [0.2, 0.25) is 0 Å². The van der Waals surface area contributed by atoms with Gasteiger partial charge < -0.3 is 19.7 Å². The molecule has 2 rings (SSSR count). The Bertz CT molecular complexity index is 339. The molecule has 0 spiro atoms. The predicted molar refractivity (Wildman–Crippen MR) is 77.8 cm³/mol. The average Bonchev–Trinajstić information content (AvgIpc) is 2.66. The molecule has 0 atom stereocenters. The first-order valence-corrected chi connectivity index (χ1v) is 7.63. The van der Waals surface area contributed by atoms with Crippen molar-refractivity contribution in [2.45, 2.75) is 64.2 Å². The van der Waals surface area contributed by atoms with Crippen molar-refractivity contribution in [3.8, 4) is 0 Å². The highest BCUT2D eigenvalue weighted by Crippen LogP contribution is 2.34. The van der Waals surface area contributed by atoms with E-state index >= 15 is 0 Å². The number of ether oxygens (including phenoxy) is 2. The van der Waals surface area contributed by atoms with Crippen LogP contribution in [0.1, 0.15) is 47.0 Å². The van der Waals surface area contributed by atoms with E-state index in [1.807, 2.05) is 0 Å². The first kappa shape index (κ1) is 15.6. The summed E-state index contributed by atoms with van der Waals surface area (Å²) in [5.74, 6) is 0. The number of nitrogens with zero attached hydrogens (tertiary/aromatic N) is 1. The normalized spacial score (nSPS) is 25.8. The number of rotatable bonds is 5. The van der Waals surface area contributed by atoms with Crippen molar-refractivity contribution in [1.29, 1.82) is 0 Å². The summed E-state index contributed by atoms with van der Waals surface area (Å²) < 4.78 is 11.0. The minimum atomic E-state index is -0.168. The minimum Gasteiger partial charge on any atom is -0.448 e. The van der Waals surface area contributed by atoms with Crippen LogP contribution in [0.3, 0.4) is 0 Å². The molecule has 0 unspecified atom stereocenters. The summed E-state index contributed by atoms with van der Waals surface area (Å²) in [6.45, 7) is 11.6. The van der Waals surface area contributed by atoms with E-state index in [9.17, 15) is 4.79 Å². The molecule has 2 fully saturated rings. The molecule has 2 heterocycles. The van der Waals surface area contributed by atoms with Gasteiger partial charge in [-0.1, -0.05) is 0 Å². The maximum Gasteiger partial charge on any atom is 0.409 e. The second-order valence-electron chi connectivity index (χ2n) is 7.14. The van der Waals surface area contributed by atoms with Crippen LogP contribution in [0.15, 0.2) is 0 Å². The molecule has 0 aromatic rings. The number of hydrogen-bond donors (Lipinski definition) is 1. The van der Waals surface area contributed by atoms with Gasteiger partial charge in [-0.15, -0.1) is 0 Å². The van der Waals surface area contributed by atoms with E-state index in [0.717, 1.165) is 38.9 Å². The topological polar surface area (TPSA) is 50.8 Å². The van der Waals surface area contributed by atoms with Gasteiger partial charge in [-0.3, -0.25) is 0 Å². The summed E-state index contributed by atoms with van der Waals surface area (Å²) in [5, 5.41) is 3.61. The van der Waals surface area contributed by atoms with Crippen molar-refractivity contribution in [1.82, 2.24) is 10.2 Å². The van der Waals surface area contributed by atoms with Gasteiger partial charge in [0.25, 0.3) is 0 Å². The van der Waals surface area contributed by atoms with Crippen molar-refractivity contribution in [2.75, 3.05) is 26.2 Å². The predicted octanol–water partition coefficient (Wildman–Crippen LogP) is 2.15. The van der Waals surface area contributed by atoms with Crippen LogP contribution in [0, 0.1) is 0 Å². The Morgan fingerprint density at radius 2 is 1.90 bits per heavy atom. The summed E-state index contributed by atoms with van der Waals surface area (Å²) in [5.41, 5.74) is -0.143. The number of carbonyl (C=O) groups excluding carboxylic acids is 1.